The topological polar surface area (TPSA) is 63.3 Å². The summed E-state index contributed by atoms with van der Waals surface area (Å²) in [5.74, 6) is -1.22. The van der Waals surface area contributed by atoms with Crippen LogP contribution in [0.5, 0.6) is 0 Å². The summed E-state index contributed by atoms with van der Waals surface area (Å²) >= 11 is 0. The lowest BCUT2D eigenvalue weighted by molar-refractivity contribution is -0.140. The fraction of sp³-hybridized carbons (Fsp3) is 0.250. The average Bonchev–Trinajstić information content (AvgIpc) is 2.26. The third kappa shape index (κ3) is 3.13. The van der Waals surface area contributed by atoms with Gasteiger partial charge in [-0.15, -0.1) is 0 Å². The van der Waals surface area contributed by atoms with Crippen molar-refractivity contribution < 1.29 is 9.90 Å². The van der Waals surface area contributed by atoms with E-state index >= 15 is 0 Å². The van der Waals surface area contributed by atoms with Crippen molar-refractivity contribution >= 4 is 11.5 Å². The van der Waals surface area contributed by atoms with Crippen LogP contribution in [0.15, 0.2) is 36.5 Å². The van der Waals surface area contributed by atoms with Crippen LogP contribution in [0.3, 0.4) is 0 Å². The van der Waals surface area contributed by atoms with E-state index in [2.05, 4.69) is 0 Å². The molecular formula is C12H15NO2. The molecule has 0 aliphatic carbocycles. The molecule has 1 aromatic rings. The number of hydrogen-bond donors (Lipinski definition) is 2. The number of rotatable bonds is 4. The molecule has 0 unspecified atom stereocenters. The van der Waals surface area contributed by atoms with Crippen LogP contribution in [0.4, 0.5) is 0 Å². The van der Waals surface area contributed by atoms with Crippen molar-refractivity contribution in [2.24, 2.45) is 11.7 Å². The first-order valence-electron chi connectivity index (χ1n) is 4.84. The van der Waals surface area contributed by atoms with Crippen LogP contribution in [-0.2, 0) is 4.79 Å². The molecule has 1 rings (SSSR count). The van der Waals surface area contributed by atoms with Crippen LogP contribution in [-0.4, -0.2) is 11.1 Å². The van der Waals surface area contributed by atoms with Gasteiger partial charge in [-0.25, -0.2) is 0 Å². The molecule has 3 nitrogen and oxygen atoms in total. The van der Waals surface area contributed by atoms with Crippen molar-refractivity contribution in [3.8, 4) is 0 Å². The van der Waals surface area contributed by atoms with Gasteiger partial charge >= 0.3 is 5.97 Å². The summed E-state index contributed by atoms with van der Waals surface area (Å²) in [6.07, 6.45) is 1.94. The van der Waals surface area contributed by atoms with Gasteiger partial charge in [0, 0.05) is 0 Å². The highest BCUT2D eigenvalue weighted by Crippen LogP contribution is 2.21. The Morgan fingerprint density at radius 2 is 2.07 bits per heavy atom. The molecule has 0 aromatic heterocycles. The van der Waals surface area contributed by atoms with Gasteiger partial charge < -0.3 is 10.8 Å². The molecular weight excluding hydrogens is 190 g/mol. The molecule has 0 aliphatic heterocycles. The zero-order chi connectivity index (χ0) is 11.3. The maximum absolute atomic E-state index is 10.7. The summed E-state index contributed by atoms with van der Waals surface area (Å²) < 4.78 is 0. The van der Waals surface area contributed by atoms with Gasteiger partial charge in [0.25, 0.3) is 0 Å². The highest BCUT2D eigenvalue weighted by atomic mass is 16.4. The Hall–Kier alpha value is -1.77. The van der Waals surface area contributed by atoms with Gasteiger partial charge in [-0.05, 0) is 23.8 Å². The molecule has 0 aliphatic rings. The lowest BCUT2D eigenvalue weighted by atomic mass is 9.96. The van der Waals surface area contributed by atoms with Crippen molar-refractivity contribution in [2.45, 2.75) is 13.3 Å². The van der Waals surface area contributed by atoms with Crippen LogP contribution in [0.25, 0.3) is 5.57 Å². The number of hydrogen-bond acceptors (Lipinski definition) is 2. The zero-order valence-corrected chi connectivity index (χ0v) is 8.68. The highest BCUT2D eigenvalue weighted by molar-refractivity contribution is 5.74. The third-order valence-electron chi connectivity index (χ3n) is 2.29. The minimum atomic E-state index is -0.801. The Labute approximate surface area is 89.2 Å². The number of carbonyl (C=O) groups is 1. The van der Waals surface area contributed by atoms with Gasteiger partial charge in [0.05, 0.1) is 5.92 Å². The van der Waals surface area contributed by atoms with Gasteiger partial charge in [0.1, 0.15) is 0 Å². The standard InChI is InChI=1S/C12H15NO2/c1-9(12(14)15)7-11(8-13)10-5-3-2-4-6-10/h2-6,8-9H,7,13H2,1H3,(H,14,15)/t9-/m1/s1. The molecule has 15 heavy (non-hydrogen) atoms. The maximum atomic E-state index is 10.7. The molecule has 0 bridgehead atoms. The van der Waals surface area contributed by atoms with Crippen LogP contribution < -0.4 is 5.73 Å². The second kappa shape index (κ2) is 5.20. The van der Waals surface area contributed by atoms with Gasteiger partial charge in [-0.1, -0.05) is 37.3 Å². The SMILES string of the molecule is C[C@H](CC(=CN)c1ccccc1)C(=O)O. The summed E-state index contributed by atoms with van der Waals surface area (Å²) in [7, 11) is 0. The van der Waals surface area contributed by atoms with E-state index in [9.17, 15) is 4.79 Å². The quantitative estimate of drug-likeness (QED) is 0.791. The number of benzene rings is 1. The van der Waals surface area contributed by atoms with Crippen LogP contribution >= 0.6 is 0 Å². The predicted octanol–water partition coefficient (Wildman–Crippen LogP) is 2.10. The molecule has 0 saturated carbocycles. The first kappa shape index (κ1) is 11.3. The monoisotopic (exact) mass is 205 g/mol. The normalized spacial score (nSPS) is 13.5. The number of nitrogens with two attached hydrogens (primary N) is 1. The molecule has 0 spiro atoms. The van der Waals surface area contributed by atoms with E-state index < -0.39 is 11.9 Å². The Morgan fingerprint density at radius 3 is 2.53 bits per heavy atom. The molecule has 1 atom stereocenters. The molecule has 3 heteroatoms. The Balaban J connectivity index is 2.79. The predicted molar refractivity (Wildman–Crippen MR) is 60.0 cm³/mol. The van der Waals surface area contributed by atoms with Gasteiger partial charge in [0.15, 0.2) is 0 Å². The maximum Gasteiger partial charge on any atom is 0.306 e. The lowest BCUT2D eigenvalue weighted by Crippen LogP contribution is -2.10. The van der Waals surface area contributed by atoms with E-state index in [1.807, 2.05) is 30.3 Å². The summed E-state index contributed by atoms with van der Waals surface area (Å²) in [6.45, 7) is 1.68. The number of allylic oxidation sites excluding steroid dienone is 1. The number of carboxylic acid groups (broad SMARTS) is 1. The minimum absolute atomic E-state index is 0.417. The van der Waals surface area contributed by atoms with Crippen molar-refractivity contribution in [1.29, 1.82) is 0 Å². The smallest absolute Gasteiger partial charge is 0.306 e. The Morgan fingerprint density at radius 1 is 1.47 bits per heavy atom. The summed E-state index contributed by atoms with van der Waals surface area (Å²) in [5.41, 5.74) is 7.34. The molecule has 3 N–H and O–H groups in total. The molecule has 0 amide bonds. The van der Waals surface area contributed by atoms with Crippen molar-refractivity contribution in [3.05, 3.63) is 42.1 Å². The van der Waals surface area contributed by atoms with E-state index in [0.717, 1.165) is 11.1 Å². The zero-order valence-electron chi connectivity index (χ0n) is 8.68. The fourth-order valence-corrected chi connectivity index (χ4v) is 1.35. The van der Waals surface area contributed by atoms with Crippen LogP contribution in [0, 0.1) is 5.92 Å². The molecule has 0 heterocycles. The molecule has 1 aromatic carbocycles. The van der Waals surface area contributed by atoms with Gasteiger partial charge in [-0.3, -0.25) is 4.79 Å². The van der Waals surface area contributed by atoms with E-state index in [1.165, 1.54) is 6.20 Å². The molecule has 0 saturated heterocycles. The van der Waals surface area contributed by atoms with E-state index in [1.54, 1.807) is 6.92 Å². The Kier molecular flexibility index (Phi) is 3.92. The number of aliphatic carboxylic acids is 1. The van der Waals surface area contributed by atoms with Crippen LogP contribution in [0.2, 0.25) is 0 Å². The van der Waals surface area contributed by atoms with E-state index in [0.29, 0.717) is 6.42 Å². The van der Waals surface area contributed by atoms with Crippen molar-refractivity contribution in [2.75, 3.05) is 0 Å². The first-order chi connectivity index (χ1) is 7.15. The summed E-state index contributed by atoms with van der Waals surface area (Å²) in [5, 5.41) is 8.81. The van der Waals surface area contributed by atoms with Crippen molar-refractivity contribution in [1.82, 2.24) is 0 Å². The van der Waals surface area contributed by atoms with Gasteiger partial charge in [0.2, 0.25) is 0 Å². The molecule has 0 fully saturated rings. The van der Waals surface area contributed by atoms with Crippen molar-refractivity contribution in [3.63, 3.8) is 0 Å². The minimum Gasteiger partial charge on any atom is -0.481 e. The third-order valence-corrected chi connectivity index (χ3v) is 2.29. The largest absolute Gasteiger partial charge is 0.481 e. The second-order valence-electron chi connectivity index (χ2n) is 3.50. The highest BCUT2D eigenvalue weighted by Gasteiger charge is 2.13. The number of carboxylic acids is 1. The molecule has 80 valence electrons. The fourth-order valence-electron chi connectivity index (χ4n) is 1.35. The average molecular weight is 205 g/mol. The van der Waals surface area contributed by atoms with E-state index in [4.69, 9.17) is 10.8 Å². The van der Waals surface area contributed by atoms with Crippen LogP contribution in [0.1, 0.15) is 18.9 Å². The molecule has 0 radical (unpaired) electrons. The summed E-state index contributed by atoms with van der Waals surface area (Å²) in [4.78, 5) is 10.7. The summed E-state index contributed by atoms with van der Waals surface area (Å²) in [6, 6.07) is 9.58. The second-order valence-corrected chi connectivity index (χ2v) is 3.50. The van der Waals surface area contributed by atoms with E-state index in [-0.39, 0.29) is 0 Å². The van der Waals surface area contributed by atoms with Gasteiger partial charge in [-0.2, -0.15) is 0 Å². The first-order valence-corrected chi connectivity index (χ1v) is 4.84. The Bertz CT molecular complexity index is 357. The lowest BCUT2D eigenvalue weighted by Gasteiger charge is -2.10.